The van der Waals surface area contributed by atoms with Crippen LogP contribution in [0.4, 0.5) is 5.69 Å². The molecule has 0 fully saturated rings. The lowest BCUT2D eigenvalue weighted by Crippen LogP contribution is -2.28. The van der Waals surface area contributed by atoms with Crippen LogP contribution >= 0.6 is 0 Å². The topological polar surface area (TPSA) is 75.6 Å². The molecule has 0 spiro atoms. The fraction of sp³-hybridized carbons (Fsp3) is 0.429. The summed E-state index contributed by atoms with van der Waals surface area (Å²) in [6.07, 6.45) is 0.748. The van der Waals surface area contributed by atoms with E-state index in [4.69, 9.17) is 9.84 Å². The molecule has 0 saturated carbocycles. The van der Waals surface area contributed by atoms with Crippen molar-refractivity contribution in [3.63, 3.8) is 0 Å². The van der Waals surface area contributed by atoms with Gasteiger partial charge in [0, 0.05) is 19.2 Å². The quantitative estimate of drug-likeness (QED) is 0.791. The molecule has 5 heteroatoms. The normalized spacial score (nSPS) is 11.9. The summed E-state index contributed by atoms with van der Waals surface area (Å²) in [6, 6.07) is 7.15. The minimum absolute atomic E-state index is 0.104. The zero-order valence-electron chi connectivity index (χ0n) is 11.2. The van der Waals surface area contributed by atoms with Crippen LogP contribution in [0, 0.1) is 0 Å². The number of amides is 1. The van der Waals surface area contributed by atoms with Crippen LogP contribution in [0.3, 0.4) is 0 Å². The molecule has 0 aliphatic carbocycles. The maximum atomic E-state index is 11.8. The average Bonchev–Trinajstić information content (AvgIpc) is 2.39. The van der Waals surface area contributed by atoms with Crippen molar-refractivity contribution in [1.29, 1.82) is 0 Å². The van der Waals surface area contributed by atoms with Crippen LogP contribution in [-0.2, 0) is 20.7 Å². The van der Waals surface area contributed by atoms with Crippen molar-refractivity contribution in [3.8, 4) is 0 Å². The Bertz CT molecular complexity index is 424. The second-order valence-electron chi connectivity index (χ2n) is 4.21. The number of hydrogen-bond donors (Lipinski definition) is 2. The molecule has 104 valence electrons. The largest absolute Gasteiger partial charge is 0.481 e. The number of carbonyl (C=O) groups is 2. The molecule has 19 heavy (non-hydrogen) atoms. The molecular formula is C14H19NO4. The maximum Gasteiger partial charge on any atom is 0.303 e. The first-order chi connectivity index (χ1) is 9.06. The van der Waals surface area contributed by atoms with Gasteiger partial charge in [-0.2, -0.15) is 0 Å². The molecule has 2 N–H and O–H groups in total. The third kappa shape index (κ3) is 5.09. The van der Waals surface area contributed by atoms with Crippen LogP contribution in [0.2, 0.25) is 0 Å². The zero-order valence-corrected chi connectivity index (χ0v) is 11.2. The molecule has 0 saturated heterocycles. The third-order valence-corrected chi connectivity index (χ3v) is 2.80. The van der Waals surface area contributed by atoms with Gasteiger partial charge < -0.3 is 15.2 Å². The molecule has 1 rings (SSSR count). The van der Waals surface area contributed by atoms with Gasteiger partial charge in [0.2, 0.25) is 0 Å². The Hall–Kier alpha value is -1.88. The number of rotatable bonds is 7. The fourth-order valence-corrected chi connectivity index (χ4v) is 1.69. The number of hydrogen-bond acceptors (Lipinski definition) is 3. The summed E-state index contributed by atoms with van der Waals surface area (Å²) in [7, 11) is 1.50. The van der Waals surface area contributed by atoms with Gasteiger partial charge in [0.15, 0.2) is 0 Å². The van der Waals surface area contributed by atoms with Crippen LogP contribution in [-0.4, -0.2) is 30.2 Å². The van der Waals surface area contributed by atoms with E-state index in [0.29, 0.717) is 18.5 Å². The first kappa shape index (κ1) is 15.2. The zero-order chi connectivity index (χ0) is 14.3. The van der Waals surface area contributed by atoms with E-state index < -0.39 is 12.1 Å². The van der Waals surface area contributed by atoms with E-state index >= 15 is 0 Å². The van der Waals surface area contributed by atoms with Gasteiger partial charge in [0.1, 0.15) is 6.10 Å². The van der Waals surface area contributed by atoms with Gasteiger partial charge >= 0.3 is 5.97 Å². The molecule has 1 atom stereocenters. The molecule has 1 aromatic carbocycles. The highest BCUT2D eigenvalue weighted by Crippen LogP contribution is 2.12. The molecule has 0 heterocycles. The lowest BCUT2D eigenvalue weighted by atomic mass is 10.1. The van der Waals surface area contributed by atoms with Crippen molar-refractivity contribution in [3.05, 3.63) is 29.8 Å². The summed E-state index contributed by atoms with van der Waals surface area (Å²) in [6.45, 7) is 1.88. The number of carbonyl (C=O) groups excluding carboxylic acids is 1. The van der Waals surface area contributed by atoms with Gasteiger partial charge in [-0.05, 0) is 30.5 Å². The summed E-state index contributed by atoms with van der Waals surface area (Å²) in [5.41, 5.74) is 1.61. The van der Waals surface area contributed by atoms with E-state index in [1.54, 1.807) is 12.1 Å². The summed E-state index contributed by atoms with van der Waals surface area (Å²) in [5, 5.41) is 11.3. The Morgan fingerprint density at radius 1 is 1.32 bits per heavy atom. The van der Waals surface area contributed by atoms with Crippen LogP contribution in [0.1, 0.15) is 25.3 Å². The summed E-state index contributed by atoms with van der Waals surface area (Å²) >= 11 is 0. The van der Waals surface area contributed by atoms with Crippen molar-refractivity contribution in [2.45, 2.75) is 32.3 Å². The standard InChI is InChI=1S/C14H19NO4/c1-3-12(19-2)14(18)15-11-7-4-10(5-8-11)6-9-13(16)17/h4-5,7-8,12H,3,6,9H2,1-2H3,(H,15,18)(H,16,17). The number of benzene rings is 1. The minimum Gasteiger partial charge on any atom is -0.481 e. The summed E-state index contributed by atoms with van der Waals surface area (Å²) in [5.74, 6) is -0.994. The highest BCUT2D eigenvalue weighted by molar-refractivity contribution is 5.94. The molecule has 0 bridgehead atoms. The molecule has 0 aliphatic heterocycles. The Labute approximate surface area is 112 Å². The number of aliphatic carboxylic acids is 1. The Balaban J connectivity index is 2.56. The number of carboxylic acid groups (broad SMARTS) is 1. The molecular weight excluding hydrogens is 246 g/mol. The van der Waals surface area contributed by atoms with Crippen LogP contribution in [0.15, 0.2) is 24.3 Å². The minimum atomic E-state index is -0.816. The van der Waals surface area contributed by atoms with Gasteiger partial charge in [0.05, 0.1) is 0 Å². The number of nitrogens with one attached hydrogen (secondary N) is 1. The highest BCUT2D eigenvalue weighted by Gasteiger charge is 2.14. The lowest BCUT2D eigenvalue weighted by Gasteiger charge is -2.13. The molecule has 5 nitrogen and oxygen atoms in total. The Kier molecular flexibility index (Phi) is 6.02. The Morgan fingerprint density at radius 2 is 1.95 bits per heavy atom. The number of ether oxygens (including phenoxy) is 1. The second kappa shape index (κ2) is 7.53. The van der Waals surface area contributed by atoms with Gasteiger partial charge in [-0.3, -0.25) is 9.59 Å². The van der Waals surface area contributed by atoms with Crippen LogP contribution in [0.25, 0.3) is 0 Å². The smallest absolute Gasteiger partial charge is 0.303 e. The number of aryl methyl sites for hydroxylation is 1. The van der Waals surface area contributed by atoms with Crippen molar-refractivity contribution < 1.29 is 19.4 Å². The van der Waals surface area contributed by atoms with E-state index in [1.165, 1.54) is 7.11 Å². The van der Waals surface area contributed by atoms with Crippen molar-refractivity contribution >= 4 is 17.6 Å². The van der Waals surface area contributed by atoms with Crippen molar-refractivity contribution in [1.82, 2.24) is 0 Å². The molecule has 0 aliphatic rings. The van der Waals surface area contributed by atoms with Crippen LogP contribution < -0.4 is 5.32 Å². The molecule has 1 amide bonds. The van der Waals surface area contributed by atoms with Gasteiger partial charge in [-0.15, -0.1) is 0 Å². The molecule has 0 radical (unpaired) electrons. The van der Waals surface area contributed by atoms with E-state index in [9.17, 15) is 9.59 Å². The highest BCUT2D eigenvalue weighted by atomic mass is 16.5. The second-order valence-corrected chi connectivity index (χ2v) is 4.21. The molecule has 0 aromatic heterocycles. The fourth-order valence-electron chi connectivity index (χ4n) is 1.69. The first-order valence-corrected chi connectivity index (χ1v) is 6.21. The lowest BCUT2D eigenvalue weighted by molar-refractivity contribution is -0.137. The predicted octanol–water partition coefficient (Wildman–Crippen LogP) is 2.07. The van der Waals surface area contributed by atoms with Crippen molar-refractivity contribution in [2.75, 3.05) is 12.4 Å². The van der Waals surface area contributed by atoms with Gasteiger partial charge in [-0.25, -0.2) is 0 Å². The predicted molar refractivity (Wildman–Crippen MR) is 72.1 cm³/mol. The van der Waals surface area contributed by atoms with Gasteiger partial charge in [-0.1, -0.05) is 19.1 Å². The first-order valence-electron chi connectivity index (χ1n) is 6.21. The Morgan fingerprint density at radius 3 is 2.42 bits per heavy atom. The molecule has 1 aromatic rings. The average molecular weight is 265 g/mol. The van der Waals surface area contributed by atoms with Crippen LogP contribution in [0.5, 0.6) is 0 Å². The number of anilines is 1. The van der Waals surface area contributed by atoms with E-state index in [-0.39, 0.29) is 12.3 Å². The number of carboxylic acids is 1. The van der Waals surface area contributed by atoms with Gasteiger partial charge in [0.25, 0.3) is 5.91 Å². The number of methoxy groups -OCH3 is 1. The van der Waals surface area contributed by atoms with E-state index in [1.807, 2.05) is 19.1 Å². The third-order valence-electron chi connectivity index (χ3n) is 2.80. The molecule has 1 unspecified atom stereocenters. The SMILES string of the molecule is CCC(OC)C(=O)Nc1ccc(CCC(=O)O)cc1. The maximum absolute atomic E-state index is 11.8. The summed E-state index contributed by atoms with van der Waals surface area (Å²) < 4.78 is 5.04. The van der Waals surface area contributed by atoms with E-state index in [0.717, 1.165) is 5.56 Å². The van der Waals surface area contributed by atoms with E-state index in [2.05, 4.69) is 5.32 Å². The summed E-state index contributed by atoms with van der Waals surface area (Å²) in [4.78, 5) is 22.2. The van der Waals surface area contributed by atoms with Crippen molar-refractivity contribution in [2.24, 2.45) is 0 Å². The monoisotopic (exact) mass is 265 g/mol.